The van der Waals surface area contributed by atoms with Crippen molar-refractivity contribution in [3.8, 4) is 11.5 Å². The van der Waals surface area contributed by atoms with Crippen LogP contribution in [0.15, 0.2) is 10.5 Å². The van der Waals surface area contributed by atoms with Gasteiger partial charge in [0, 0.05) is 11.6 Å². The predicted octanol–water partition coefficient (Wildman–Crippen LogP) is 2.89. The molecule has 0 bridgehead atoms. The molecule has 0 unspecified atom stereocenters. The van der Waals surface area contributed by atoms with Gasteiger partial charge in [0.25, 0.3) is 0 Å². The highest BCUT2D eigenvalue weighted by molar-refractivity contribution is 9.10. The summed E-state index contributed by atoms with van der Waals surface area (Å²) in [4.78, 5) is 0. The molecule has 0 saturated heterocycles. The fourth-order valence-corrected chi connectivity index (χ4v) is 2.38. The van der Waals surface area contributed by atoms with E-state index in [0.717, 1.165) is 12.8 Å². The molecule has 17 heavy (non-hydrogen) atoms. The van der Waals surface area contributed by atoms with Crippen molar-refractivity contribution in [2.24, 2.45) is 5.73 Å². The van der Waals surface area contributed by atoms with Crippen LogP contribution in [-0.2, 0) is 6.42 Å². The summed E-state index contributed by atoms with van der Waals surface area (Å²) in [6, 6.07) is 1.35. The van der Waals surface area contributed by atoms with E-state index in [-0.39, 0.29) is 5.82 Å². The molecule has 0 aliphatic rings. The third kappa shape index (κ3) is 3.33. The second kappa shape index (κ2) is 6.81. The lowest BCUT2D eigenvalue weighted by molar-refractivity contribution is 0.349. The third-order valence-electron chi connectivity index (χ3n) is 2.54. The summed E-state index contributed by atoms with van der Waals surface area (Å²) in [6.07, 6.45) is 2.35. The number of nitrogens with two attached hydrogens (primary N) is 1. The Morgan fingerprint density at radius 3 is 2.53 bits per heavy atom. The number of hydrogen-bond acceptors (Lipinski definition) is 3. The Morgan fingerprint density at radius 2 is 2.00 bits per heavy atom. The molecule has 5 heteroatoms. The number of hydrogen-bond donors (Lipinski definition) is 1. The molecular formula is C12H17BrFNO2. The van der Waals surface area contributed by atoms with Crippen molar-refractivity contribution >= 4 is 15.9 Å². The van der Waals surface area contributed by atoms with Gasteiger partial charge >= 0.3 is 0 Å². The molecule has 0 saturated carbocycles. The van der Waals surface area contributed by atoms with Gasteiger partial charge in [-0.2, -0.15) is 0 Å². The zero-order valence-electron chi connectivity index (χ0n) is 10.1. The van der Waals surface area contributed by atoms with E-state index in [4.69, 9.17) is 15.2 Å². The topological polar surface area (TPSA) is 44.5 Å². The maximum atomic E-state index is 13.8. The predicted molar refractivity (Wildman–Crippen MR) is 69.2 cm³/mol. The van der Waals surface area contributed by atoms with Crippen molar-refractivity contribution in [2.45, 2.75) is 19.3 Å². The molecule has 96 valence electrons. The Labute approximate surface area is 109 Å². The molecule has 1 aromatic rings. The lowest BCUT2D eigenvalue weighted by Crippen LogP contribution is -2.02. The molecule has 1 aromatic carbocycles. The Hall–Kier alpha value is -0.810. The Morgan fingerprint density at radius 1 is 1.29 bits per heavy atom. The minimum atomic E-state index is -0.286. The molecule has 3 nitrogen and oxygen atoms in total. The molecule has 2 N–H and O–H groups in total. The standard InChI is InChI=1S/C12H17BrFNO2/c1-16-10-7-9(14)8(5-3-4-6-15)11(13)12(10)17-2/h7H,3-6,15H2,1-2H3. The molecule has 0 radical (unpaired) electrons. The number of benzene rings is 1. The zero-order valence-corrected chi connectivity index (χ0v) is 11.6. The lowest BCUT2D eigenvalue weighted by Gasteiger charge is -2.14. The van der Waals surface area contributed by atoms with Gasteiger partial charge in [-0.1, -0.05) is 0 Å². The summed E-state index contributed by atoms with van der Waals surface area (Å²) >= 11 is 3.36. The Balaban J connectivity index is 3.04. The fraction of sp³-hybridized carbons (Fsp3) is 0.500. The van der Waals surface area contributed by atoms with Crippen molar-refractivity contribution in [3.63, 3.8) is 0 Å². The molecule has 0 aromatic heterocycles. The van der Waals surface area contributed by atoms with Gasteiger partial charge in [-0.25, -0.2) is 4.39 Å². The van der Waals surface area contributed by atoms with Crippen LogP contribution in [0.25, 0.3) is 0 Å². The fourth-order valence-electron chi connectivity index (χ4n) is 1.63. The van der Waals surface area contributed by atoms with E-state index >= 15 is 0 Å². The van der Waals surface area contributed by atoms with Gasteiger partial charge < -0.3 is 15.2 Å². The summed E-state index contributed by atoms with van der Waals surface area (Å²) in [5.41, 5.74) is 6.03. The molecule has 0 spiro atoms. The maximum absolute atomic E-state index is 13.8. The minimum Gasteiger partial charge on any atom is -0.493 e. The first kappa shape index (κ1) is 14.3. The average Bonchev–Trinajstić information content (AvgIpc) is 2.32. The van der Waals surface area contributed by atoms with Gasteiger partial charge in [0.2, 0.25) is 0 Å². The zero-order chi connectivity index (χ0) is 12.8. The van der Waals surface area contributed by atoms with E-state index in [2.05, 4.69) is 15.9 Å². The van der Waals surface area contributed by atoms with Crippen LogP contribution in [-0.4, -0.2) is 20.8 Å². The van der Waals surface area contributed by atoms with E-state index in [1.54, 1.807) is 0 Å². The van der Waals surface area contributed by atoms with Gasteiger partial charge in [-0.3, -0.25) is 0 Å². The van der Waals surface area contributed by atoms with Gasteiger partial charge in [0.15, 0.2) is 11.5 Å². The largest absolute Gasteiger partial charge is 0.493 e. The van der Waals surface area contributed by atoms with Crippen molar-refractivity contribution in [1.29, 1.82) is 0 Å². The SMILES string of the molecule is COc1cc(F)c(CCCCN)c(Br)c1OC. The van der Waals surface area contributed by atoms with E-state index < -0.39 is 0 Å². The first-order chi connectivity index (χ1) is 8.15. The second-order valence-corrected chi connectivity index (χ2v) is 4.43. The lowest BCUT2D eigenvalue weighted by atomic mass is 10.1. The molecular weight excluding hydrogens is 289 g/mol. The molecule has 0 amide bonds. The van der Waals surface area contributed by atoms with Crippen LogP contribution >= 0.6 is 15.9 Å². The van der Waals surface area contributed by atoms with Crippen molar-refractivity contribution in [3.05, 3.63) is 21.9 Å². The Kier molecular flexibility index (Phi) is 5.71. The van der Waals surface area contributed by atoms with E-state index in [0.29, 0.717) is 34.5 Å². The highest BCUT2D eigenvalue weighted by Gasteiger charge is 2.17. The van der Waals surface area contributed by atoms with Crippen LogP contribution in [0.3, 0.4) is 0 Å². The van der Waals surface area contributed by atoms with Gasteiger partial charge in [0.1, 0.15) is 5.82 Å². The van der Waals surface area contributed by atoms with E-state index in [1.807, 2.05) is 0 Å². The van der Waals surface area contributed by atoms with Gasteiger partial charge in [-0.15, -0.1) is 0 Å². The number of halogens is 2. The van der Waals surface area contributed by atoms with Crippen LogP contribution in [0, 0.1) is 5.82 Å². The van der Waals surface area contributed by atoms with E-state index in [9.17, 15) is 4.39 Å². The summed E-state index contributed by atoms with van der Waals surface area (Å²) in [6.45, 7) is 0.618. The van der Waals surface area contributed by atoms with Crippen LogP contribution < -0.4 is 15.2 Å². The monoisotopic (exact) mass is 305 g/mol. The summed E-state index contributed by atoms with van der Waals surface area (Å²) < 4.78 is 24.7. The van der Waals surface area contributed by atoms with Crippen LogP contribution in [0.2, 0.25) is 0 Å². The normalized spacial score (nSPS) is 10.4. The number of rotatable bonds is 6. The molecule has 0 atom stereocenters. The highest BCUT2D eigenvalue weighted by Crippen LogP contribution is 2.39. The summed E-state index contributed by atoms with van der Waals surface area (Å²) in [5.74, 6) is 0.627. The third-order valence-corrected chi connectivity index (χ3v) is 3.38. The quantitative estimate of drug-likeness (QED) is 0.822. The first-order valence-electron chi connectivity index (χ1n) is 5.44. The number of unbranched alkanes of at least 4 members (excludes halogenated alkanes) is 1. The van der Waals surface area contributed by atoms with Crippen molar-refractivity contribution in [1.82, 2.24) is 0 Å². The van der Waals surface area contributed by atoms with Crippen molar-refractivity contribution < 1.29 is 13.9 Å². The van der Waals surface area contributed by atoms with Crippen LogP contribution in [0.1, 0.15) is 18.4 Å². The second-order valence-electron chi connectivity index (χ2n) is 3.63. The highest BCUT2D eigenvalue weighted by atomic mass is 79.9. The number of methoxy groups -OCH3 is 2. The summed E-state index contributed by atoms with van der Waals surface area (Å²) in [5, 5.41) is 0. The van der Waals surface area contributed by atoms with E-state index in [1.165, 1.54) is 20.3 Å². The van der Waals surface area contributed by atoms with Gasteiger partial charge in [-0.05, 0) is 41.7 Å². The minimum absolute atomic E-state index is 0.286. The maximum Gasteiger partial charge on any atom is 0.175 e. The Bertz CT molecular complexity index is 385. The number of ether oxygens (including phenoxy) is 2. The smallest absolute Gasteiger partial charge is 0.175 e. The van der Waals surface area contributed by atoms with Crippen molar-refractivity contribution in [2.75, 3.05) is 20.8 Å². The molecule has 0 heterocycles. The molecule has 0 fully saturated rings. The van der Waals surface area contributed by atoms with Crippen LogP contribution in [0.5, 0.6) is 11.5 Å². The molecule has 0 aliphatic heterocycles. The average molecular weight is 306 g/mol. The van der Waals surface area contributed by atoms with Gasteiger partial charge in [0.05, 0.1) is 18.7 Å². The summed E-state index contributed by atoms with van der Waals surface area (Å²) in [7, 11) is 3.02. The first-order valence-corrected chi connectivity index (χ1v) is 6.23. The molecule has 0 aliphatic carbocycles. The molecule has 1 rings (SSSR count). The van der Waals surface area contributed by atoms with Crippen LogP contribution in [0.4, 0.5) is 4.39 Å².